The SMILES string of the molecule is Nc1nnn(C2CCC2)c1C1CCCCCC1. The Morgan fingerprint density at radius 3 is 2.24 bits per heavy atom. The Kier molecular flexibility index (Phi) is 3.04. The molecule has 1 aromatic rings. The number of hydrogen-bond acceptors (Lipinski definition) is 3. The summed E-state index contributed by atoms with van der Waals surface area (Å²) in [5.74, 6) is 1.29. The molecule has 0 unspecified atom stereocenters. The highest BCUT2D eigenvalue weighted by molar-refractivity contribution is 5.36. The Bertz CT molecular complexity index is 373. The molecular weight excluding hydrogens is 212 g/mol. The van der Waals surface area contributed by atoms with Crippen LogP contribution < -0.4 is 5.73 Å². The highest BCUT2D eigenvalue weighted by atomic mass is 15.5. The molecular formula is C13H22N4. The topological polar surface area (TPSA) is 56.7 Å². The van der Waals surface area contributed by atoms with Crippen molar-refractivity contribution in [2.45, 2.75) is 69.7 Å². The molecule has 0 aliphatic heterocycles. The first-order chi connectivity index (χ1) is 8.36. The second kappa shape index (κ2) is 4.67. The zero-order valence-corrected chi connectivity index (χ0v) is 10.4. The number of nitrogens with zero attached hydrogens (tertiary/aromatic N) is 3. The number of nitrogens with two attached hydrogens (primary N) is 1. The van der Waals surface area contributed by atoms with Gasteiger partial charge in [-0.25, -0.2) is 4.68 Å². The van der Waals surface area contributed by atoms with E-state index < -0.39 is 0 Å². The minimum absolute atomic E-state index is 0.582. The van der Waals surface area contributed by atoms with Crippen molar-refractivity contribution in [3.8, 4) is 0 Å². The third kappa shape index (κ3) is 2.05. The van der Waals surface area contributed by atoms with Crippen molar-refractivity contribution in [3.63, 3.8) is 0 Å². The molecule has 0 bridgehead atoms. The molecule has 2 fully saturated rings. The van der Waals surface area contributed by atoms with E-state index >= 15 is 0 Å². The maximum Gasteiger partial charge on any atom is 0.169 e. The zero-order valence-electron chi connectivity index (χ0n) is 10.4. The average Bonchev–Trinajstić information content (AvgIpc) is 2.52. The fourth-order valence-electron chi connectivity index (χ4n) is 3.16. The lowest BCUT2D eigenvalue weighted by Gasteiger charge is -2.28. The smallest absolute Gasteiger partial charge is 0.169 e. The summed E-state index contributed by atoms with van der Waals surface area (Å²) in [5, 5.41) is 8.40. The van der Waals surface area contributed by atoms with Crippen molar-refractivity contribution >= 4 is 5.82 Å². The molecule has 0 spiro atoms. The third-order valence-electron chi connectivity index (χ3n) is 4.42. The molecule has 3 rings (SSSR count). The van der Waals surface area contributed by atoms with Crippen LogP contribution in [0.4, 0.5) is 5.82 Å². The standard InChI is InChI=1S/C13H22N4/c14-13-12(10-6-3-1-2-4-7-10)17(16-15-13)11-8-5-9-11/h10-11H,1-9,14H2. The fraction of sp³-hybridized carbons (Fsp3) is 0.846. The maximum absolute atomic E-state index is 6.05. The maximum atomic E-state index is 6.05. The summed E-state index contributed by atoms with van der Waals surface area (Å²) in [7, 11) is 0. The molecule has 0 atom stereocenters. The lowest BCUT2D eigenvalue weighted by Crippen LogP contribution is -2.22. The van der Waals surface area contributed by atoms with Crippen LogP contribution in [0.2, 0.25) is 0 Å². The average molecular weight is 234 g/mol. The van der Waals surface area contributed by atoms with Gasteiger partial charge in [0.1, 0.15) is 0 Å². The minimum atomic E-state index is 0.582. The number of nitrogen functional groups attached to an aromatic ring is 1. The molecule has 1 heterocycles. The first kappa shape index (κ1) is 11.1. The van der Waals surface area contributed by atoms with Crippen LogP contribution in [0.5, 0.6) is 0 Å². The summed E-state index contributed by atoms with van der Waals surface area (Å²) >= 11 is 0. The second-order valence-electron chi connectivity index (χ2n) is 5.58. The van der Waals surface area contributed by atoms with Crippen LogP contribution >= 0.6 is 0 Å². The zero-order chi connectivity index (χ0) is 11.7. The molecule has 94 valence electrons. The van der Waals surface area contributed by atoms with Crippen molar-refractivity contribution in [1.29, 1.82) is 0 Å². The lowest BCUT2D eigenvalue weighted by molar-refractivity contribution is 0.272. The lowest BCUT2D eigenvalue weighted by atomic mass is 9.90. The number of anilines is 1. The summed E-state index contributed by atoms with van der Waals surface area (Å²) in [6, 6.07) is 0.582. The monoisotopic (exact) mass is 234 g/mol. The highest BCUT2D eigenvalue weighted by Gasteiger charge is 2.28. The van der Waals surface area contributed by atoms with E-state index in [-0.39, 0.29) is 0 Å². The predicted molar refractivity (Wildman–Crippen MR) is 67.8 cm³/mol. The van der Waals surface area contributed by atoms with Gasteiger partial charge in [-0.2, -0.15) is 0 Å². The van der Waals surface area contributed by atoms with Crippen molar-refractivity contribution in [1.82, 2.24) is 15.0 Å². The Labute approximate surface area is 103 Å². The second-order valence-corrected chi connectivity index (χ2v) is 5.58. The summed E-state index contributed by atoms with van der Waals surface area (Å²) in [5.41, 5.74) is 7.29. The molecule has 0 aromatic carbocycles. The molecule has 1 aromatic heterocycles. The van der Waals surface area contributed by atoms with Crippen molar-refractivity contribution < 1.29 is 0 Å². The minimum Gasteiger partial charge on any atom is -0.381 e. The fourth-order valence-corrected chi connectivity index (χ4v) is 3.16. The molecule has 4 nitrogen and oxygen atoms in total. The summed E-state index contributed by atoms with van der Waals surface area (Å²) < 4.78 is 2.15. The molecule has 2 saturated carbocycles. The van der Waals surface area contributed by atoms with Gasteiger partial charge in [0.25, 0.3) is 0 Å². The number of hydrogen-bond donors (Lipinski definition) is 1. The van der Waals surface area contributed by atoms with Crippen LogP contribution in [0.25, 0.3) is 0 Å². The van der Waals surface area contributed by atoms with Gasteiger partial charge in [0.2, 0.25) is 0 Å². The number of rotatable bonds is 2. The van der Waals surface area contributed by atoms with Crippen LogP contribution in [-0.2, 0) is 0 Å². The Hall–Kier alpha value is -1.06. The summed E-state index contributed by atoms with van der Waals surface area (Å²) in [6.45, 7) is 0. The molecule has 0 amide bonds. The quantitative estimate of drug-likeness (QED) is 0.800. The normalized spacial score (nSPS) is 23.3. The van der Waals surface area contributed by atoms with Crippen molar-refractivity contribution in [2.24, 2.45) is 0 Å². The van der Waals surface area contributed by atoms with E-state index in [1.165, 1.54) is 63.5 Å². The van der Waals surface area contributed by atoms with Crippen molar-refractivity contribution in [2.75, 3.05) is 5.73 Å². The van der Waals surface area contributed by atoms with Gasteiger partial charge in [0.15, 0.2) is 5.82 Å². The van der Waals surface area contributed by atoms with Crippen LogP contribution in [0.15, 0.2) is 0 Å². The molecule has 4 heteroatoms. The predicted octanol–water partition coefficient (Wildman–Crippen LogP) is 3.02. The summed E-state index contributed by atoms with van der Waals surface area (Å²) in [6.07, 6.45) is 11.8. The van der Waals surface area contributed by atoms with Crippen LogP contribution in [0.1, 0.15) is 75.4 Å². The van der Waals surface area contributed by atoms with Gasteiger partial charge in [-0.3, -0.25) is 0 Å². The molecule has 2 N–H and O–H groups in total. The van der Waals surface area contributed by atoms with Crippen LogP contribution in [0.3, 0.4) is 0 Å². The van der Waals surface area contributed by atoms with E-state index in [1.807, 2.05) is 0 Å². The van der Waals surface area contributed by atoms with E-state index in [2.05, 4.69) is 15.0 Å². The van der Waals surface area contributed by atoms with Gasteiger partial charge in [-0.15, -0.1) is 5.10 Å². The van der Waals surface area contributed by atoms with Gasteiger partial charge in [0.05, 0.1) is 11.7 Å². The van der Waals surface area contributed by atoms with E-state index in [4.69, 9.17) is 5.73 Å². The van der Waals surface area contributed by atoms with E-state index in [0.717, 1.165) is 0 Å². The van der Waals surface area contributed by atoms with Gasteiger partial charge < -0.3 is 5.73 Å². The molecule has 0 saturated heterocycles. The highest BCUT2D eigenvalue weighted by Crippen LogP contribution is 2.39. The first-order valence-corrected chi connectivity index (χ1v) is 7.07. The molecule has 2 aliphatic carbocycles. The van der Waals surface area contributed by atoms with Gasteiger partial charge in [0, 0.05) is 5.92 Å². The third-order valence-corrected chi connectivity index (χ3v) is 4.42. The van der Waals surface area contributed by atoms with Crippen molar-refractivity contribution in [3.05, 3.63) is 5.69 Å². The molecule has 17 heavy (non-hydrogen) atoms. The Balaban J connectivity index is 1.86. The first-order valence-electron chi connectivity index (χ1n) is 7.07. The molecule has 0 radical (unpaired) electrons. The Morgan fingerprint density at radius 1 is 0.941 bits per heavy atom. The van der Waals surface area contributed by atoms with Crippen LogP contribution in [0, 0.1) is 0 Å². The van der Waals surface area contributed by atoms with E-state index in [1.54, 1.807) is 0 Å². The Morgan fingerprint density at radius 2 is 1.65 bits per heavy atom. The number of aromatic nitrogens is 3. The van der Waals surface area contributed by atoms with Crippen LogP contribution in [-0.4, -0.2) is 15.0 Å². The van der Waals surface area contributed by atoms with Gasteiger partial charge in [-0.1, -0.05) is 30.9 Å². The van der Waals surface area contributed by atoms with E-state index in [9.17, 15) is 0 Å². The largest absolute Gasteiger partial charge is 0.381 e. The van der Waals surface area contributed by atoms with E-state index in [0.29, 0.717) is 17.8 Å². The molecule has 2 aliphatic rings. The van der Waals surface area contributed by atoms with Gasteiger partial charge in [-0.05, 0) is 32.1 Å². The summed E-state index contributed by atoms with van der Waals surface area (Å²) in [4.78, 5) is 0. The van der Waals surface area contributed by atoms with Gasteiger partial charge >= 0.3 is 0 Å².